The van der Waals surface area contributed by atoms with Crippen molar-refractivity contribution in [2.24, 2.45) is 0 Å². The monoisotopic (exact) mass is 424 g/mol. The highest BCUT2D eigenvalue weighted by Gasteiger charge is 2.12. The average molecular weight is 426 g/mol. The summed E-state index contributed by atoms with van der Waals surface area (Å²) in [7, 11) is 1.46. The van der Waals surface area contributed by atoms with Crippen molar-refractivity contribution in [3.63, 3.8) is 0 Å². The fourth-order valence-corrected chi connectivity index (χ4v) is 3.46. The van der Waals surface area contributed by atoms with Gasteiger partial charge in [-0.15, -0.1) is 0 Å². The van der Waals surface area contributed by atoms with Gasteiger partial charge in [-0.25, -0.2) is 0 Å². The summed E-state index contributed by atoms with van der Waals surface area (Å²) in [6.07, 6.45) is 0. The van der Waals surface area contributed by atoms with Gasteiger partial charge in [-0.2, -0.15) is 0 Å². The van der Waals surface area contributed by atoms with Crippen molar-refractivity contribution in [3.05, 3.63) is 55.6 Å². The minimum Gasteiger partial charge on any atom is -0.504 e. The highest BCUT2D eigenvalue weighted by atomic mass is 79.9. The van der Waals surface area contributed by atoms with Gasteiger partial charge in [0.25, 0.3) is 0 Å². The summed E-state index contributed by atoms with van der Waals surface area (Å²) in [5, 5.41) is 10.1. The molecule has 2 aromatic carbocycles. The zero-order valence-corrected chi connectivity index (χ0v) is 14.6. The molecule has 22 heavy (non-hydrogen) atoms. The van der Waals surface area contributed by atoms with E-state index in [2.05, 4.69) is 31.9 Å². The lowest BCUT2D eigenvalue weighted by Crippen LogP contribution is -2.01. The van der Waals surface area contributed by atoms with Crippen LogP contribution in [0, 0.1) is 0 Å². The summed E-state index contributed by atoms with van der Waals surface area (Å²) >= 11 is 6.75. The Hall–Kier alpha value is -1.79. The van der Waals surface area contributed by atoms with Gasteiger partial charge in [0.2, 0.25) is 0 Å². The lowest BCUT2D eigenvalue weighted by molar-refractivity contribution is 0.373. The van der Waals surface area contributed by atoms with Gasteiger partial charge < -0.3 is 14.3 Å². The Labute approximate surface area is 142 Å². The van der Waals surface area contributed by atoms with E-state index in [1.165, 1.54) is 19.2 Å². The number of rotatable bonds is 2. The molecule has 0 fully saturated rings. The van der Waals surface area contributed by atoms with Gasteiger partial charge in [0.1, 0.15) is 5.76 Å². The standard InChI is InChI=1S/C16H10Br2O4/c1-21-15-4-8(2-3-12(15)19)14-7-13(20)10-5-9(17)6-11(18)16(10)22-14/h2-7,19H,1H3. The molecule has 0 unspecified atom stereocenters. The zero-order valence-electron chi connectivity index (χ0n) is 11.4. The van der Waals surface area contributed by atoms with E-state index >= 15 is 0 Å². The van der Waals surface area contributed by atoms with E-state index in [0.29, 0.717) is 32.5 Å². The van der Waals surface area contributed by atoms with E-state index < -0.39 is 0 Å². The van der Waals surface area contributed by atoms with Crippen LogP contribution in [0.1, 0.15) is 0 Å². The van der Waals surface area contributed by atoms with Crippen molar-refractivity contribution in [2.45, 2.75) is 0 Å². The number of benzene rings is 2. The maximum Gasteiger partial charge on any atom is 0.193 e. The lowest BCUT2D eigenvalue weighted by Gasteiger charge is -2.08. The number of hydrogen-bond donors (Lipinski definition) is 1. The molecule has 1 heterocycles. The molecule has 0 radical (unpaired) electrons. The molecule has 0 spiro atoms. The highest BCUT2D eigenvalue weighted by molar-refractivity contribution is 9.11. The fraction of sp³-hybridized carbons (Fsp3) is 0.0625. The van der Waals surface area contributed by atoms with Crippen LogP contribution >= 0.6 is 31.9 Å². The minimum absolute atomic E-state index is 0.0273. The van der Waals surface area contributed by atoms with Gasteiger partial charge in [0, 0.05) is 16.1 Å². The van der Waals surface area contributed by atoms with Crippen LogP contribution in [0.2, 0.25) is 0 Å². The van der Waals surface area contributed by atoms with Crippen LogP contribution in [0.4, 0.5) is 0 Å². The molecule has 0 aliphatic carbocycles. The molecule has 0 aliphatic heterocycles. The molecular formula is C16H10Br2O4. The maximum absolute atomic E-state index is 12.3. The Morgan fingerprint density at radius 1 is 1.14 bits per heavy atom. The van der Waals surface area contributed by atoms with E-state index in [1.54, 1.807) is 18.2 Å². The molecule has 1 N–H and O–H groups in total. The van der Waals surface area contributed by atoms with Crippen molar-refractivity contribution in [1.29, 1.82) is 0 Å². The Morgan fingerprint density at radius 3 is 2.64 bits per heavy atom. The summed E-state index contributed by atoms with van der Waals surface area (Å²) in [5.41, 5.74) is 0.964. The predicted molar refractivity (Wildman–Crippen MR) is 91.5 cm³/mol. The summed E-state index contributed by atoms with van der Waals surface area (Å²) in [5.74, 6) is 0.744. The first-order valence-electron chi connectivity index (χ1n) is 6.30. The largest absolute Gasteiger partial charge is 0.504 e. The Balaban J connectivity index is 2.27. The predicted octanol–water partition coefficient (Wildman–Crippen LogP) is 4.70. The van der Waals surface area contributed by atoms with Gasteiger partial charge in [-0.1, -0.05) is 15.9 Å². The van der Waals surface area contributed by atoms with E-state index in [1.807, 2.05) is 6.07 Å². The first kappa shape index (κ1) is 15.1. The van der Waals surface area contributed by atoms with E-state index in [9.17, 15) is 9.90 Å². The smallest absolute Gasteiger partial charge is 0.193 e. The molecule has 0 atom stereocenters. The van der Waals surface area contributed by atoms with Crippen LogP contribution in [0.5, 0.6) is 11.5 Å². The third kappa shape index (κ3) is 2.64. The number of phenolic OH excluding ortho intramolecular Hbond substituents is 1. The molecule has 3 rings (SSSR count). The van der Waals surface area contributed by atoms with Crippen LogP contribution < -0.4 is 10.2 Å². The quantitative estimate of drug-likeness (QED) is 0.646. The van der Waals surface area contributed by atoms with Gasteiger partial charge in [0.15, 0.2) is 22.5 Å². The molecule has 0 saturated heterocycles. The van der Waals surface area contributed by atoms with Crippen molar-refractivity contribution < 1.29 is 14.3 Å². The Kier molecular flexibility index (Phi) is 3.97. The molecule has 112 valence electrons. The second kappa shape index (κ2) is 5.78. The van der Waals surface area contributed by atoms with Crippen LogP contribution in [-0.4, -0.2) is 12.2 Å². The van der Waals surface area contributed by atoms with Crippen LogP contribution in [0.15, 0.2) is 54.6 Å². The Morgan fingerprint density at radius 2 is 1.91 bits per heavy atom. The number of phenols is 1. The van der Waals surface area contributed by atoms with E-state index in [-0.39, 0.29) is 11.2 Å². The van der Waals surface area contributed by atoms with Gasteiger partial charge in [0.05, 0.1) is 17.0 Å². The van der Waals surface area contributed by atoms with Crippen LogP contribution in [0.3, 0.4) is 0 Å². The van der Waals surface area contributed by atoms with Gasteiger partial charge in [-0.3, -0.25) is 4.79 Å². The van der Waals surface area contributed by atoms with Crippen molar-refractivity contribution in [2.75, 3.05) is 7.11 Å². The number of hydrogen-bond acceptors (Lipinski definition) is 4. The molecule has 0 saturated carbocycles. The molecule has 0 aliphatic rings. The van der Waals surface area contributed by atoms with Crippen molar-refractivity contribution in [3.8, 4) is 22.8 Å². The number of aromatic hydroxyl groups is 1. The molecule has 0 amide bonds. The first-order valence-corrected chi connectivity index (χ1v) is 7.88. The summed E-state index contributed by atoms with van der Waals surface area (Å²) in [4.78, 5) is 12.3. The summed E-state index contributed by atoms with van der Waals surface area (Å²) in [6.45, 7) is 0. The molecule has 3 aromatic rings. The second-order valence-electron chi connectivity index (χ2n) is 4.63. The molecule has 0 bridgehead atoms. The summed E-state index contributed by atoms with van der Waals surface area (Å²) in [6, 6.07) is 9.72. The van der Waals surface area contributed by atoms with Crippen LogP contribution in [0.25, 0.3) is 22.3 Å². The minimum atomic E-state index is -0.148. The van der Waals surface area contributed by atoms with Crippen LogP contribution in [-0.2, 0) is 0 Å². The average Bonchev–Trinajstić information content (AvgIpc) is 2.48. The van der Waals surface area contributed by atoms with Gasteiger partial charge in [-0.05, 0) is 46.3 Å². The normalized spacial score (nSPS) is 10.9. The molecular weight excluding hydrogens is 416 g/mol. The van der Waals surface area contributed by atoms with Crippen molar-refractivity contribution in [1.82, 2.24) is 0 Å². The highest BCUT2D eigenvalue weighted by Crippen LogP contribution is 2.34. The maximum atomic E-state index is 12.3. The first-order chi connectivity index (χ1) is 10.5. The fourth-order valence-electron chi connectivity index (χ4n) is 2.16. The number of ether oxygens (including phenoxy) is 1. The number of fused-ring (bicyclic) bond motifs is 1. The van der Waals surface area contributed by atoms with E-state index in [4.69, 9.17) is 9.15 Å². The lowest BCUT2D eigenvalue weighted by atomic mass is 10.1. The van der Waals surface area contributed by atoms with Gasteiger partial charge >= 0.3 is 0 Å². The topological polar surface area (TPSA) is 59.7 Å². The third-order valence-electron chi connectivity index (χ3n) is 3.21. The molecule has 6 heteroatoms. The molecule has 4 nitrogen and oxygen atoms in total. The third-order valence-corrected chi connectivity index (χ3v) is 4.26. The van der Waals surface area contributed by atoms with E-state index in [0.717, 1.165) is 4.47 Å². The Bertz CT molecular complexity index is 931. The number of methoxy groups -OCH3 is 1. The number of halogens is 2. The molecule has 1 aromatic heterocycles. The SMILES string of the molecule is COc1cc(-c2cc(=O)c3cc(Br)cc(Br)c3o2)ccc1O. The second-order valence-corrected chi connectivity index (χ2v) is 6.40. The van der Waals surface area contributed by atoms with Crippen molar-refractivity contribution >= 4 is 42.8 Å². The summed E-state index contributed by atoms with van der Waals surface area (Å²) < 4.78 is 12.4. The zero-order chi connectivity index (χ0) is 15.9.